The number of nitrogens with zero attached hydrogens (tertiary/aromatic N) is 2. The Balaban J connectivity index is 2.31. The van der Waals surface area contributed by atoms with Crippen LogP contribution in [0, 0.1) is 12.7 Å². The highest BCUT2D eigenvalue weighted by Crippen LogP contribution is 2.29. The molecular weight excluding hydrogens is 379 g/mol. The highest BCUT2D eigenvalue weighted by molar-refractivity contribution is 9.10. The van der Waals surface area contributed by atoms with Crippen LogP contribution >= 0.6 is 31.9 Å². The molecule has 1 N–H and O–H groups in total. The second-order valence-electron chi connectivity index (χ2n) is 4.33. The fraction of sp³-hybridized carbons (Fsp3) is 0.308. The number of halogens is 3. The molecule has 3 nitrogen and oxygen atoms in total. The minimum Gasteiger partial charge on any atom is -0.388 e. The molecule has 2 rings (SSSR count). The summed E-state index contributed by atoms with van der Waals surface area (Å²) in [6.07, 6.45) is -0.616. The molecule has 1 aromatic carbocycles. The fourth-order valence-corrected chi connectivity index (χ4v) is 2.85. The average molecular weight is 392 g/mol. The summed E-state index contributed by atoms with van der Waals surface area (Å²) < 4.78 is 16.8. The maximum Gasteiger partial charge on any atom is 0.143 e. The molecule has 1 aromatic heterocycles. The van der Waals surface area contributed by atoms with Crippen molar-refractivity contribution in [3.8, 4) is 0 Å². The third-order valence-corrected chi connectivity index (χ3v) is 4.63. The van der Waals surface area contributed by atoms with Crippen molar-refractivity contribution >= 4 is 31.9 Å². The lowest BCUT2D eigenvalue weighted by atomic mass is 10.0. The smallest absolute Gasteiger partial charge is 0.143 e. The summed E-state index contributed by atoms with van der Waals surface area (Å²) in [6.45, 7) is 1.87. The molecule has 102 valence electrons. The van der Waals surface area contributed by atoms with Crippen molar-refractivity contribution in [2.45, 2.75) is 19.4 Å². The molecule has 0 saturated heterocycles. The van der Waals surface area contributed by atoms with Crippen molar-refractivity contribution in [3.63, 3.8) is 0 Å². The lowest BCUT2D eigenvalue weighted by Crippen LogP contribution is -2.08. The Hall–Kier alpha value is -0.720. The molecule has 0 radical (unpaired) electrons. The molecule has 0 saturated carbocycles. The van der Waals surface area contributed by atoms with E-state index >= 15 is 0 Å². The maximum absolute atomic E-state index is 13.9. The van der Waals surface area contributed by atoms with E-state index in [0.717, 1.165) is 15.9 Å². The van der Waals surface area contributed by atoms with Gasteiger partial charge in [-0.05, 0) is 44.8 Å². The molecule has 0 spiro atoms. The summed E-state index contributed by atoms with van der Waals surface area (Å²) in [7, 11) is 1.80. The van der Waals surface area contributed by atoms with Gasteiger partial charge in [-0.25, -0.2) is 4.39 Å². The summed E-state index contributed by atoms with van der Waals surface area (Å²) in [5.41, 5.74) is 1.96. The number of hydrogen-bond acceptors (Lipinski definition) is 2. The number of aromatic nitrogens is 2. The monoisotopic (exact) mass is 390 g/mol. The van der Waals surface area contributed by atoms with Gasteiger partial charge in [0.2, 0.25) is 0 Å². The lowest BCUT2D eigenvalue weighted by Gasteiger charge is -2.13. The van der Waals surface area contributed by atoms with Gasteiger partial charge in [0.15, 0.2) is 0 Å². The van der Waals surface area contributed by atoms with Gasteiger partial charge in [-0.2, -0.15) is 5.10 Å². The molecule has 1 heterocycles. The van der Waals surface area contributed by atoms with Gasteiger partial charge in [-0.15, -0.1) is 0 Å². The highest BCUT2D eigenvalue weighted by Gasteiger charge is 2.19. The number of rotatable bonds is 3. The van der Waals surface area contributed by atoms with Crippen molar-refractivity contribution in [2.75, 3.05) is 0 Å². The minimum atomic E-state index is -0.913. The number of aryl methyl sites for hydroxylation is 2. The quantitative estimate of drug-likeness (QED) is 0.866. The Labute approximate surface area is 127 Å². The molecule has 2 aromatic rings. The van der Waals surface area contributed by atoms with Crippen molar-refractivity contribution in [1.29, 1.82) is 0 Å². The van der Waals surface area contributed by atoms with E-state index in [2.05, 4.69) is 37.0 Å². The normalized spacial score (nSPS) is 12.7. The van der Waals surface area contributed by atoms with Crippen molar-refractivity contribution in [2.24, 2.45) is 7.05 Å². The summed E-state index contributed by atoms with van der Waals surface area (Å²) in [5, 5.41) is 14.5. The first-order valence-electron chi connectivity index (χ1n) is 5.71. The van der Waals surface area contributed by atoms with Gasteiger partial charge in [-0.1, -0.05) is 12.1 Å². The second kappa shape index (κ2) is 5.73. The van der Waals surface area contributed by atoms with Crippen LogP contribution in [0.2, 0.25) is 0 Å². The van der Waals surface area contributed by atoms with Crippen molar-refractivity contribution in [3.05, 3.63) is 49.9 Å². The zero-order valence-corrected chi connectivity index (χ0v) is 13.7. The largest absolute Gasteiger partial charge is 0.388 e. The Morgan fingerprint density at radius 2 is 2.11 bits per heavy atom. The van der Waals surface area contributed by atoms with Gasteiger partial charge in [-0.3, -0.25) is 4.68 Å². The molecule has 1 unspecified atom stereocenters. The highest BCUT2D eigenvalue weighted by atomic mass is 79.9. The second-order valence-corrected chi connectivity index (χ2v) is 5.98. The molecule has 0 fully saturated rings. The summed E-state index contributed by atoms with van der Waals surface area (Å²) >= 11 is 6.56. The minimum absolute atomic E-state index is 0.278. The molecule has 6 heteroatoms. The molecule has 0 aliphatic heterocycles. The standard InChI is InChI=1S/C13H13Br2FN2O/c1-7-12(15)10(18(2)17-7)6-11(19)8-4-3-5-9(14)13(8)16/h3-5,11,19H,6H2,1-2H3. The van der Waals surface area contributed by atoms with Gasteiger partial charge < -0.3 is 5.11 Å². The Morgan fingerprint density at radius 1 is 1.42 bits per heavy atom. The van der Waals surface area contributed by atoms with Crippen LogP contribution in [-0.2, 0) is 13.5 Å². The van der Waals surface area contributed by atoms with Crippen LogP contribution in [0.15, 0.2) is 27.1 Å². The van der Waals surface area contributed by atoms with E-state index in [-0.39, 0.29) is 5.56 Å². The molecule has 0 bridgehead atoms. The Morgan fingerprint density at radius 3 is 2.68 bits per heavy atom. The Bertz CT molecular complexity index is 613. The van der Waals surface area contributed by atoms with E-state index in [1.165, 1.54) is 0 Å². The summed E-state index contributed by atoms with van der Waals surface area (Å²) in [5.74, 6) is -0.426. The molecule has 19 heavy (non-hydrogen) atoms. The SMILES string of the molecule is Cc1nn(C)c(CC(O)c2cccc(Br)c2F)c1Br. The predicted molar refractivity (Wildman–Crippen MR) is 78.4 cm³/mol. The van der Waals surface area contributed by atoms with E-state index in [9.17, 15) is 9.50 Å². The summed E-state index contributed by atoms with van der Waals surface area (Å²) in [4.78, 5) is 0. The zero-order valence-electron chi connectivity index (χ0n) is 10.5. The molecule has 0 aliphatic rings. The molecule has 0 amide bonds. The van der Waals surface area contributed by atoms with Gasteiger partial charge in [0.1, 0.15) is 5.82 Å². The molecule has 1 atom stereocenters. The first kappa shape index (κ1) is 14.7. The van der Waals surface area contributed by atoms with Crippen LogP contribution in [0.5, 0.6) is 0 Å². The van der Waals surface area contributed by atoms with Crippen LogP contribution < -0.4 is 0 Å². The number of aliphatic hydroxyl groups excluding tert-OH is 1. The maximum atomic E-state index is 13.9. The third kappa shape index (κ3) is 2.90. The van der Waals surface area contributed by atoms with Gasteiger partial charge >= 0.3 is 0 Å². The van der Waals surface area contributed by atoms with Gasteiger partial charge in [0.05, 0.1) is 26.4 Å². The van der Waals surface area contributed by atoms with Gasteiger partial charge in [0, 0.05) is 19.0 Å². The lowest BCUT2D eigenvalue weighted by molar-refractivity contribution is 0.170. The average Bonchev–Trinajstić information content (AvgIpc) is 2.59. The number of aliphatic hydroxyl groups is 1. The zero-order chi connectivity index (χ0) is 14.2. The van der Waals surface area contributed by atoms with Crippen LogP contribution in [0.3, 0.4) is 0 Å². The Kier molecular flexibility index (Phi) is 4.43. The topological polar surface area (TPSA) is 38.0 Å². The fourth-order valence-electron chi connectivity index (χ4n) is 1.97. The van der Waals surface area contributed by atoms with E-state index in [4.69, 9.17) is 0 Å². The van der Waals surface area contributed by atoms with Crippen LogP contribution in [0.25, 0.3) is 0 Å². The van der Waals surface area contributed by atoms with E-state index in [0.29, 0.717) is 10.9 Å². The van der Waals surface area contributed by atoms with Crippen LogP contribution in [0.4, 0.5) is 4.39 Å². The van der Waals surface area contributed by atoms with E-state index in [1.54, 1.807) is 29.9 Å². The third-order valence-electron chi connectivity index (χ3n) is 2.99. The van der Waals surface area contributed by atoms with E-state index < -0.39 is 11.9 Å². The van der Waals surface area contributed by atoms with Gasteiger partial charge in [0.25, 0.3) is 0 Å². The predicted octanol–water partition coefficient (Wildman–Crippen LogP) is 3.67. The first-order chi connectivity index (χ1) is 8.91. The van der Waals surface area contributed by atoms with Crippen LogP contribution in [-0.4, -0.2) is 14.9 Å². The summed E-state index contributed by atoms with van der Waals surface area (Å²) in [6, 6.07) is 4.90. The molecular formula is C13H13Br2FN2O. The molecule has 0 aliphatic carbocycles. The first-order valence-corrected chi connectivity index (χ1v) is 7.30. The van der Waals surface area contributed by atoms with Crippen molar-refractivity contribution < 1.29 is 9.50 Å². The van der Waals surface area contributed by atoms with Crippen molar-refractivity contribution in [1.82, 2.24) is 9.78 Å². The van der Waals surface area contributed by atoms with Crippen LogP contribution in [0.1, 0.15) is 23.1 Å². The number of hydrogen-bond donors (Lipinski definition) is 1. The number of benzene rings is 1. The van der Waals surface area contributed by atoms with E-state index in [1.807, 2.05) is 6.92 Å².